The smallest absolute Gasteiger partial charge is 0.148 e. The molecule has 1 N–H and O–H groups in total. The van der Waals surface area contributed by atoms with Crippen LogP contribution in [0.3, 0.4) is 0 Å². The van der Waals surface area contributed by atoms with Crippen molar-refractivity contribution in [2.75, 3.05) is 0 Å². The summed E-state index contributed by atoms with van der Waals surface area (Å²) in [6.45, 7) is 0.729. The zero-order valence-electron chi connectivity index (χ0n) is 9.74. The van der Waals surface area contributed by atoms with Gasteiger partial charge >= 0.3 is 0 Å². The van der Waals surface area contributed by atoms with Crippen molar-refractivity contribution in [3.63, 3.8) is 0 Å². The third-order valence-corrected chi connectivity index (χ3v) is 3.21. The van der Waals surface area contributed by atoms with Crippen molar-refractivity contribution in [2.45, 2.75) is 25.4 Å². The standard InChI is InChI=1S/C13H13ClFN3/c14-9-1-4-13(12(15)5-9)18-7-11(17-8-18)6-16-10-2-3-10/h1,4-5,7-8,10,16H,2-3,6H2. The lowest BCUT2D eigenvalue weighted by Crippen LogP contribution is -2.15. The summed E-state index contributed by atoms with van der Waals surface area (Å²) in [6, 6.07) is 5.26. The third kappa shape index (κ3) is 2.54. The average molecular weight is 266 g/mol. The van der Waals surface area contributed by atoms with Gasteiger partial charge in [-0.15, -0.1) is 0 Å². The molecule has 0 bridgehead atoms. The second-order valence-corrected chi connectivity index (χ2v) is 4.96. The normalized spacial score (nSPS) is 15.0. The first kappa shape index (κ1) is 11.7. The Balaban J connectivity index is 1.78. The number of halogens is 2. The van der Waals surface area contributed by atoms with Crippen LogP contribution in [0.5, 0.6) is 0 Å². The van der Waals surface area contributed by atoms with Gasteiger partial charge in [0.2, 0.25) is 0 Å². The highest BCUT2D eigenvalue weighted by atomic mass is 35.5. The fourth-order valence-electron chi connectivity index (χ4n) is 1.81. The highest BCUT2D eigenvalue weighted by Crippen LogP contribution is 2.20. The summed E-state index contributed by atoms with van der Waals surface area (Å²) >= 11 is 5.73. The summed E-state index contributed by atoms with van der Waals surface area (Å²) < 4.78 is 15.4. The molecule has 0 saturated heterocycles. The summed E-state index contributed by atoms with van der Waals surface area (Å²) in [7, 11) is 0. The summed E-state index contributed by atoms with van der Waals surface area (Å²) in [6.07, 6.45) is 5.94. The molecule has 0 aliphatic heterocycles. The van der Waals surface area contributed by atoms with E-state index in [1.807, 2.05) is 6.20 Å². The Bertz CT molecular complexity index is 563. The van der Waals surface area contributed by atoms with Gasteiger partial charge in [0.25, 0.3) is 0 Å². The van der Waals surface area contributed by atoms with Crippen LogP contribution in [0, 0.1) is 5.82 Å². The van der Waals surface area contributed by atoms with E-state index in [1.165, 1.54) is 18.9 Å². The van der Waals surface area contributed by atoms with E-state index >= 15 is 0 Å². The topological polar surface area (TPSA) is 29.9 Å². The van der Waals surface area contributed by atoms with Crippen molar-refractivity contribution in [3.8, 4) is 5.69 Å². The van der Waals surface area contributed by atoms with E-state index in [4.69, 9.17) is 11.6 Å². The molecule has 0 spiro atoms. The van der Waals surface area contributed by atoms with Crippen molar-refractivity contribution in [1.29, 1.82) is 0 Å². The van der Waals surface area contributed by atoms with Crippen LogP contribution >= 0.6 is 11.6 Å². The van der Waals surface area contributed by atoms with Crippen LogP contribution in [0.25, 0.3) is 5.69 Å². The largest absolute Gasteiger partial charge is 0.308 e. The van der Waals surface area contributed by atoms with Gasteiger partial charge in [0, 0.05) is 23.8 Å². The molecule has 1 aromatic carbocycles. The summed E-state index contributed by atoms with van der Waals surface area (Å²) in [4.78, 5) is 4.26. The molecule has 94 valence electrons. The van der Waals surface area contributed by atoms with Gasteiger partial charge in [-0.25, -0.2) is 9.37 Å². The van der Waals surface area contributed by atoms with Crippen molar-refractivity contribution < 1.29 is 4.39 Å². The summed E-state index contributed by atoms with van der Waals surface area (Å²) in [5.41, 5.74) is 1.38. The molecule has 1 fully saturated rings. The lowest BCUT2D eigenvalue weighted by atomic mass is 10.3. The maximum atomic E-state index is 13.7. The van der Waals surface area contributed by atoms with Crippen molar-refractivity contribution in [2.24, 2.45) is 0 Å². The molecule has 1 saturated carbocycles. The highest BCUT2D eigenvalue weighted by molar-refractivity contribution is 6.30. The first-order valence-electron chi connectivity index (χ1n) is 5.94. The van der Waals surface area contributed by atoms with Gasteiger partial charge in [-0.1, -0.05) is 11.6 Å². The molecule has 0 radical (unpaired) electrons. The van der Waals surface area contributed by atoms with E-state index in [9.17, 15) is 4.39 Å². The average Bonchev–Trinajstić information content (AvgIpc) is 3.05. The number of aromatic nitrogens is 2. The molecule has 1 aromatic heterocycles. The second kappa shape index (κ2) is 4.71. The zero-order chi connectivity index (χ0) is 12.5. The molecule has 3 rings (SSSR count). The Morgan fingerprint density at radius 1 is 1.44 bits per heavy atom. The summed E-state index contributed by atoms with van der Waals surface area (Å²) in [5.74, 6) is -0.346. The fourth-order valence-corrected chi connectivity index (χ4v) is 1.97. The van der Waals surface area contributed by atoms with E-state index in [2.05, 4.69) is 10.3 Å². The van der Waals surface area contributed by atoms with Crippen molar-refractivity contribution in [3.05, 3.63) is 47.3 Å². The molecule has 3 nitrogen and oxygen atoms in total. The summed E-state index contributed by atoms with van der Waals surface area (Å²) in [5, 5.41) is 3.77. The van der Waals surface area contributed by atoms with Crippen LogP contribution in [0.4, 0.5) is 4.39 Å². The molecule has 1 heterocycles. The first-order valence-corrected chi connectivity index (χ1v) is 6.32. The zero-order valence-corrected chi connectivity index (χ0v) is 10.5. The van der Waals surface area contributed by atoms with Crippen molar-refractivity contribution >= 4 is 11.6 Å². The molecular formula is C13H13ClFN3. The van der Waals surface area contributed by atoms with Gasteiger partial charge in [-0.3, -0.25) is 0 Å². The fraction of sp³-hybridized carbons (Fsp3) is 0.308. The van der Waals surface area contributed by atoms with Crippen LogP contribution in [-0.4, -0.2) is 15.6 Å². The Morgan fingerprint density at radius 3 is 3.00 bits per heavy atom. The van der Waals surface area contributed by atoms with Gasteiger partial charge in [0.15, 0.2) is 0 Å². The number of hydrogen-bond acceptors (Lipinski definition) is 2. The number of rotatable bonds is 4. The second-order valence-electron chi connectivity index (χ2n) is 4.52. The van der Waals surface area contributed by atoms with Gasteiger partial charge < -0.3 is 9.88 Å². The molecule has 0 unspecified atom stereocenters. The van der Waals surface area contributed by atoms with E-state index in [0.717, 1.165) is 12.2 Å². The molecule has 2 aromatic rings. The predicted octanol–water partition coefficient (Wildman–Crippen LogP) is 2.92. The molecule has 1 aliphatic carbocycles. The quantitative estimate of drug-likeness (QED) is 0.921. The maximum Gasteiger partial charge on any atom is 0.148 e. The SMILES string of the molecule is Fc1cc(Cl)ccc1-n1cnc(CNC2CC2)c1. The van der Waals surface area contributed by atoms with Crippen LogP contribution in [-0.2, 0) is 6.54 Å². The number of benzene rings is 1. The number of nitrogens with one attached hydrogen (secondary N) is 1. The monoisotopic (exact) mass is 265 g/mol. The molecule has 18 heavy (non-hydrogen) atoms. The third-order valence-electron chi connectivity index (χ3n) is 2.97. The van der Waals surface area contributed by atoms with Gasteiger partial charge in [0.05, 0.1) is 17.7 Å². The lowest BCUT2D eigenvalue weighted by Gasteiger charge is -2.03. The van der Waals surface area contributed by atoms with Crippen LogP contribution < -0.4 is 5.32 Å². The van der Waals surface area contributed by atoms with Gasteiger partial charge in [-0.05, 0) is 31.0 Å². The minimum atomic E-state index is -0.346. The van der Waals surface area contributed by atoms with E-state index < -0.39 is 0 Å². The minimum Gasteiger partial charge on any atom is -0.308 e. The van der Waals surface area contributed by atoms with Crippen LogP contribution in [0.1, 0.15) is 18.5 Å². The number of nitrogens with zero attached hydrogens (tertiary/aromatic N) is 2. The minimum absolute atomic E-state index is 0.346. The van der Waals surface area contributed by atoms with Crippen LogP contribution in [0.2, 0.25) is 5.02 Å². The highest BCUT2D eigenvalue weighted by Gasteiger charge is 2.20. The number of hydrogen-bond donors (Lipinski definition) is 1. The molecular weight excluding hydrogens is 253 g/mol. The number of imidazole rings is 1. The Hall–Kier alpha value is -1.39. The van der Waals surface area contributed by atoms with E-state index in [0.29, 0.717) is 16.8 Å². The Labute approximate surface area is 110 Å². The molecule has 0 amide bonds. The van der Waals surface area contributed by atoms with E-state index in [-0.39, 0.29) is 5.82 Å². The van der Waals surface area contributed by atoms with Crippen molar-refractivity contribution in [1.82, 2.24) is 14.9 Å². The maximum absolute atomic E-state index is 13.7. The molecule has 5 heteroatoms. The predicted molar refractivity (Wildman–Crippen MR) is 68.4 cm³/mol. The van der Waals surface area contributed by atoms with Gasteiger partial charge in [0.1, 0.15) is 5.82 Å². The molecule has 0 atom stereocenters. The van der Waals surface area contributed by atoms with Gasteiger partial charge in [-0.2, -0.15) is 0 Å². The molecule has 1 aliphatic rings. The Morgan fingerprint density at radius 2 is 2.28 bits per heavy atom. The van der Waals surface area contributed by atoms with E-state index in [1.54, 1.807) is 23.0 Å². The first-order chi connectivity index (χ1) is 8.72. The lowest BCUT2D eigenvalue weighted by molar-refractivity contribution is 0.618. The Kier molecular flexibility index (Phi) is 3.06. The van der Waals surface area contributed by atoms with Crippen LogP contribution in [0.15, 0.2) is 30.7 Å².